The molecule has 1 aromatic heterocycles. The minimum absolute atomic E-state index is 0.189. The Morgan fingerprint density at radius 1 is 1.03 bits per heavy atom. The Balaban J connectivity index is 1.80. The number of rotatable bonds is 9. The highest BCUT2D eigenvalue weighted by Gasteiger charge is 2.22. The fourth-order valence-corrected chi connectivity index (χ4v) is 5.73. The lowest BCUT2D eigenvalue weighted by molar-refractivity contribution is 0.103. The van der Waals surface area contributed by atoms with Gasteiger partial charge in [0.1, 0.15) is 9.88 Å². The number of benzene rings is 2. The quantitative estimate of drug-likeness (QED) is 0.478. The van der Waals surface area contributed by atoms with Crippen molar-refractivity contribution >= 4 is 33.0 Å². The van der Waals surface area contributed by atoms with E-state index in [-0.39, 0.29) is 10.8 Å². The number of aryl methyl sites for hydroxylation is 1. The third-order valence-corrected chi connectivity index (χ3v) is 8.36. The van der Waals surface area contributed by atoms with Gasteiger partial charge in [0, 0.05) is 24.3 Å². The highest BCUT2D eigenvalue weighted by molar-refractivity contribution is 7.89. The molecule has 0 bridgehead atoms. The molecule has 0 spiro atoms. The molecule has 0 unspecified atom stereocenters. The molecule has 0 aliphatic heterocycles. The number of methoxy groups -OCH3 is 2. The number of carbonyl (C=O) groups is 1. The first-order valence-electron chi connectivity index (χ1n) is 10.4. The average Bonchev–Trinajstić information content (AvgIpc) is 3.21. The molecule has 8 nitrogen and oxygen atoms in total. The van der Waals surface area contributed by atoms with Crippen LogP contribution in [-0.4, -0.2) is 50.9 Å². The summed E-state index contributed by atoms with van der Waals surface area (Å²) in [6.45, 7) is 6.15. The largest absolute Gasteiger partial charge is 0.493 e. The molecule has 176 valence electrons. The Hall–Kier alpha value is -2.95. The topological polar surface area (TPSA) is 97.8 Å². The lowest BCUT2D eigenvalue weighted by atomic mass is 10.2. The number of anilines is 1. The Bertz CT molecular complexity index is 1230. The van der Waals surface area contributed by atoms with Crippen molar-refractivity contribution in [2.24, 2.45) is 0 Å². The highest BCUT2D eigenvalue weighted by Crippen LogP contribution is 2.35. The van der Waals surface area contributed by atoms with Gasteiger partial charge in [-0.1, -0.05) is 13.8 Å². The fourth-order valence-electron chi connectivity index (χ4n) is 3.31. The molecule has 10 heteroatoms. The zero-order valence-electron chi connectivity index (χ0n) is 19.2. The van der Waals surface area contributed by atoms with E-state index in [1.54, 1.807) is 53.2 Å². The van der Waals surface area contributed by atoms with Crippen molar-refractivity contribution in [3.05, 3.63) is 53.0 Å². The van der Waals surface area contributed by atoms with Crippen LogP contribution in [0.25, 0.3) is 10.6 Å². The summed E-state index contributed by atoms with van der Waals surface area (Å²) in [4.78, 5) is 18.1. The van der Waals surface area contributed by atoms with E-state index in [9.17, 15) is 13.2 Å². The number of hydrogen-bond acceptors (Lipinski definition) is 7. The molecule has 0 radical (unpaired) electrons. The van der Waals surface area contributed by atoms with Crippen LogP contribution in [0, 0.1) is 6.92 Å². The molecule has 0 aliphatic rings. The van der Waals surface area contributed by atoms with Crippen molar-refractivity contribution < 1.29 is 22.7 Å². The van der Waals surface area contributed by atoms with Crippen molar-refractivity contribution in [1.82, 2.24) is 9.29 Å². The zero-order valence-corrected chi connectivity index (χ0v) is 20.8. The molecule has 3 aromatic rings. The monoisotopic (exact) mass is 489 g/mol. The Labute approximate surface area is 198 Å². The third kappa shape index (κ3) is 5.18. The van der Waals surface area contributed by atoms with Gasteiger partial charge in [-0.05, 0) is 49.4 Å². The highest BCUT2D eigenvalue weighted by atomic mass is 32.2. The van der Waals surface area contributed by atoms with Crippen molar-refractivity contribution in [2.45, 2.75) is 25.7 Å². The normalized spacial score (nSPS) is 11.5. The molecule has 0 saturated heterocycles. The summed E-state index contributed by atoms with van der Waals surface area (Å²) in [5, 5.41) is 3.50. The Morgan fingerprint density at radius 2 is 1.67 bits per heavy atom. The summed E-state index contributed by atoms with van der Waals surface area (Å²) >= 11 is 1.27. The molecular weight excluding hydrogens is 462 g/mol. The van der Waals surface area contributed by atoms with Crippen molar-refractivity contribution in [3.8, 4) is 22.1 Å². The number of ether oxygens (including phenoxy) is 2. The number of carbonyl (C=O) groups excluding carboxylic acids is 1. The lowest BCUT2D eigenvalue weighted by Crippen LogP contribution is -2.30. The maximum absolute atomic E-state index is 12.9. The second-order valence-electron chi connectivity index (χ2n) is 7.07. The minimum atomic E-state index is -3.55. The number of nitrogens with zero attached hydrogens (tertiary/aromatic N) is 2. The zero-order chi connectivity index (χ0) is 24.2. The lowest BCUT2D eigenvalue weighted by Gasteiger charge is -2.18. The molecule has 0 fully saturated rings. The summed E-state index contributed by atoms with van der Waals surface area (Å²) in [5.41, 5.74) is 1.91. The molecule has 33 heavy (non-hydrogen) atoms. The standard InChI is InChI=1S/C23H27N3O5S2/c1-6-26(7-2)33(28,29)18-11-9-17(10-12-18)25-22(27)21-15(3)24-23(32-21)16-8-13-19(30-4)20(14-16)31-5/h8-14H,6-7H2,1-5H3,(H,25,27). The molecular formula is C23H27N3O5S2. The van der Waals surface area contributed by atoms with Gasteiger partial charge in [0.25, 0.3) is 5.91 Å². The molecule has 0 saturated carbocycles. The van der Waals surface area contributed by atoms with E-state index in [1.165, 1.54) is 27.8 Å². The average molecular weight is 490 g/mol. The van der Waals surface area contributed by atoms with E-state index in [1.807, 2.05) is 12.1 Å². The molecule has 1 amide bonds. The van der Waals surface area contributed by atoms with Crippen LogP contribution >= 0.6 is 11.3 Å². The Morgan fingerprint density at radius 3 is 2.24 bits per heavy atom. The van der Waals surface area contributed by atoms with Crippen molar-refractivity contribution in [3.63, 3.8) is 0 Å². The predicted molar refractivity (Wildman–Crippen MR) is 130 cm³/mol. The predicted octanol–water partition coefficient (Wildman–Crippen LogP) is 4.42. The van der Waals surface area contributed by atoms with Crippen LogP contribution in [0.1, 0.15) is 29.2 Å². The molecule has 0 atom stereocenters. The van der Waals surface area contributed by atoms with Crippen LogP contribution in [-0.2, 0) is 10.0 Å². The van der Waals surface area contributed by atoms with Gasteiger partial charge in [0.2, 0.25) is 10.0 Å². The molecule has 2 aromatic carbocycles. The number of hydrogen-bond donors (Lipinski definition) is 1. The minimum Gasteiger partial charge on any atom is -0.493 e. The summed E-state index contributed by atoms with van der Waals surface area (Å²) in [7, 11) is -0.420. The Kier molecular flexibility index (Phi) is 7.72. The van der Waals surface area contributed by atoms with Gasteiger partial charge < -0.3 is 14.8 Å². The van der Waals surface area contributed by atoms with Gasteiger partial charge >= 0.3 is 0 Å². The summed E-state index contributed by atoms with van der Waals surface area (Å²) in [5.74, 6) is 0.878. The van der Waals surface area contributed by atoms with Crippen molar-refractivity contribution in [1.29, 1.82) is 0 Å². The van der Waals surface area contributed by atoms with E-state index in [0.29, 0.717) is 45.9 Å². The molecule has 0 aliphatic carbocycles. The van der Waals surface area contributed by atoms with Gasteiger partial charge in [0.15, 0.2) is 11.5 Å². The van der Waals surface area contributed by atoms with Crippen LogP contribution in [0.4, 0.5) is 5.69 Å². The first kappa shape index (κ1) is 24.7. The molecule has 1 N–H and O–H groups in total. The van der Waals surface area contributed by atoms with Crippen LogP contribution in [0.15, 0.2) is 47.4 Å². The van der Waals surface area contributed by atoms with Gasteiger partial charge in [0.05, 0.1) is 24.8 Å². The van der Waals surface area contributed by atoms with Crippen LogP contribution in [0.2, 0.25) is 0 Å². The van der Waals surface area contributed by atoms with E-state index in [4.69, 9.17) is 9.47 Å². The van der Waals surface area contributed by atoms with Gasteiger partial charge in [-0.25, -0.2) is 13.4 Å². The summed E-state index contributed by atoms with van der Waals surface area (Å²) < 4.78 is 37.3. The van der Waals surface area contributed by atoms with Crippen LogP contribution in [0.3, 0.4) is 0 Å². The number of nitrogens with one attached hydrogen (secondary N) is 1. The number of thiazole rings is 1. The first-order chi connectivity index (χ1) is 15.7. The van der Waals surface area contributed by atoms with E-state index in [0.717, 1.165) is 5.56 Å². The van der Waals surface area contributed by atoms with Gasteiger partial charge in [-0.3, -0.25) is 4.79 Å². The second-order valence-corrected chi connectivity index (χ2v) is 10.0. The van der Waals surface area contributed by atoms with Gasteiger partial charge in [-0.2, -0.15) is 4.31 Å². The summed E-state index contributed by atoms with van der Waals surface area (Å²) in [6.07, 6.45) is 0. The summed E-state index contributed by atoms with van der Waals surface area (Å²) in [6, 6.07) is 11.6. The van der Waals surface area contributed by atoms with Crippen molar-refractivity contribution in [2.75, 3.05) is 32.6 Å². The van der Waals surface area contributed by atoms with Crippen LogP contribution < -0.4 is 14.8 Å². The second kappa shape index (κ2) is 10.3. The molecule has 3 rings (SSSR count). The van der Waals surface area contributed by atoms with Crippen LogP contribution in [0.5, 0.6) is 11.5 Å². The van der Waals surface area contributed by atoms with E-state index < -0.39 is 10.0 Å². The molecule has 1 heterocycles. The maximum Gasteiger partial charge on any atom is 0.267 e. The maximum atomic E-state index is 12.9. The van der Waals surface area contributed by atoms with Gasteiger partial charge in [-0.15, -0.1) is 11.3 Å². The number of amides is 1. The van der Waals surface area contributed by atoms with E-state index in [2.05, 4.69) is 10.3 Å². The third-order valence-electron chi connectivity index (χ3n) is 5.09. The fraction of sp³-hybridized carbons (Fsp3) is 0.304. The van der Waals surface area contributed by atoms with E-state index >= 15 is 0 Å². The number of aromatic nitrogens is 1. The SMILES string of the molecule is CCN(CC)S(=O)(=O)c1ccc(NC(=O)c2sc(-c3ccc(OC)c(OC)c3)nc2C)cc1. The number of sulfonamides is 1. The first-order valence-corrected chi connectivity index (χ1v) is 12.6. The smallest absolute Gasteiger partial charge is 0.267 e.